The third-order valence-electron chi connectivity index (χ3n) is 2.58. The number of ether oxygens (including phenoxy) is 1. The number of methoxy groups -OCH3 is 1. The normalized spacial score (nSPS) is 11.8. The zero-order chi connectivity index (χ0) is 14.6. The number of esters is 1. The molecule has 0 aliphatic rings. The van der Waals surface area contributed by atoms with Crippen LogP contribution < -0.4 is 5.73 Å². The molecular weight excluding hydrogens is 272 g/mol. The van der Waals surface area contributed by atoms with E-state index in [4.69, 9.17) is 5.73 Å². The molecule has 0 unspecified atom stereocenters. The number of aryl methyl sites for hydroxylation is 1. The van der Waals surface area contributed by atoms with E-state index < -0.39 is 16.0 Å². The van der Waals surface area contributed by atoms with Gasteiger partial charge in [0.15, 0.2) is 5.82 Å². The molecule has 0 saturated heterocycles. The third kappa shape index (κ3) is 3.24. The van der Waals surface area contributed by atoms with Gasteiger partial charge < -0.3 is 10.5 Å². The number of nitrogens with zero attached hydrogens (tertiary/aromatic N) is 3. The number of sulfonamides is 1. The van der Waals surface area contributed by atoms with E-state index in [-0.39, 0.29) is 23.8 Å². The van der Waals surface area contributed by atoms with Crippen molar-refractivity contribution in [1.82, 2.24) is 14.1 Å². The van der Waals surface area contributed by atoms with Gasteiger partial charge in [0.1, 0.15) is 11.4 Å². The summed E-state index contributed by atoms with van der Waals surface area (Å²) >= 11 is 0. The first-order valence-corrected chi connectivity index (χ1v) is 7.20. The molecule has 0 radical (unpaired) electrons. The number of carbonyl (C=O) groups is 1. The molecule has 0 aliphatic heterocycles. The van der Waals surface area contributed by atoms with Crippen molar-refractivity contribution in [2.24, 2.45) is 0 Å². The number of anilines is 1. The van der Waals surface area contributed by atoms with Crippen LogP contribution in [-0.2, 0) is 26.1 Å². The molecule has 2 N–H and O–H groups in total. The van der Waals surface area contributed by atoms with Crippen molar-refractivity contribution in [1.29, 1.82) is 0 Å². The van der Waals surface area contributed by atoms with E-state index in [9.17, 15) is 13.2 Å². The molecule has 0 atom stereocenters. The Labute approximate surface area is 112 Å². The Hall–Kier alpha value is -1.61. The second-order valence-corrected chi connectivity index (χ2v) is 5.65. The summed E-state index contributed by atoms with van der Waals surface area (Å²) in [5, 5.41) is 3.88. The van der Waals surface area contributed by atoms with Gasteiger partial charge in [0.25, 0.3) is 0 Å². The van der Waals surface area contributed by atoms with E-state index >= 15 is 0 Å². The summed E-state index contributed by atoms with van der Waals surface area (Å²) in [6.07, 6.45) is 1.35. The second kappa shape index (κ2) is 6.02. The van der Waals surface area contributed by atoms with Gasteiger partial charge in [0.2, 0.25) is 10.0 Å². The van der Waals surface area contributed by atoms with Gasteiger partial charge in [-0.15, -0.1) is 0 Å². The predicted octanol–water partition coefficient (Wildman–Crippen LogP) is -0.331. The van der Waals surface area contributed by atoms with Gasteiger partial charge in [-0.1, -0.05) is 6.92 Å². The predicted molar refractivity (Wildman–Crippen MR) is 68.8 cm³/mol. The third-order valence-corrected chi connectivity index (χ3v) is 4.52. The van der Waals surface area contributed by atoms with Crippen molar-refractivity contribution in [3.8, 4) is 0 Å². The Morgan fingerprint density at radius 1 is 1.53 bits per heavy atom. The summed E-state index contributed by atoms with van der Waals surface area (Å²) in [6, 6.07) is 0. The van der Waals surface area contributed by atoms with Crippen LogP contribution in [0.5, 0.6) is 0 Å². The average molecular weight is 290 g/mol. The van der Waals surface area contributed by atoms with Crippen molar-refractivity contribution in [3.05, 3.63) is 6.20 Å². The molecule has 1 rings (SSSR count). The molecular formula is C10H18N4O4S. The first kappa shape index (κ1) is 15.4. The summed E-state index contributed by atoms with van der Waals surface area (Å²) in [5.74, 6) is -0.711. The molecule has 108 valence electrons. The average Bonchev–Trinajstić information content (AvgIpc) is 2.77. The first-order chi connectivity index (χ1) is 8.86. The molecule has 0 bridgehead atoms. The first-order valence-electron chi connectivity index (χ1n) is 5.76. The van der Waals surface area contributed by atoms with Crippen LogP contribution in [0.25, 0.3) is 0 Å². The van der Waals surface area contributed by atoms with E-state index in [1.54, 1.807) is 6.92 Å². The Kier molecular flexibility index (Phi) is 4.90. The van der Waals surface area contributed by atoms with E-state index in [0.29, 0.717) is 6.54 Å². The highest BCUT2D eigenvalue weighted by atomic mass is 32.2. The Bertz CT molecular complexity index is 552. The summed E-state index contributed by atoms with van der Waals surface area (Å²) < 4.78 is 31.6. The van der Waals surface area contributed by atoms with Crippen molar-refractivity contribution in [3.63, 3.8) is 0 Å². The lowest BCUT2D eigenvalue weighted by molar-refractivity contribution is -0.140. The van der Waals surface area contributed by atoms with Crippen molar-refractivity contribution >= 4 is 21.8 Å². The molecule has 1 aromatic rings. The maximum absolute atomic E-state index is 12.3. The van der Waals surface area contributed by atoms with E-state index in [1.807, 2.05) is 6.92 Å². The minimum absolute atomic E-state index is 0.0786. The van der Waals surface area contributed by atoms with Crippen LogP contribution in [0.4, 0.5) is 5.82 Å². The Morgan fingerprint density at radius 2 is 2.16 bits per heavy atom. The van der Waals surface area contributed by atoms with E-state index in [0.717, 1.165) is 4.31 Å². The van der Waals surface area contributed by atoms with Gasteiger partial charge in [0, 0.05) is 19.3 Å². The van der Waals surface area contributed by atoms with Crippen LogP contribution in [0.2, 0.25) is 0 Å². The van der Waals surface area contributed by atoms with Crippen LogP contribution in [0.3, 0.4) is 0 Å². The minimum atomic E-state index is -3.85. The topological polar surface area (TPSA) is 108 Å². The highest BCUT2D eigenvalue weighted by molar-refractivity contribution is 7.89. The molecule has 0 spiro atoms. The van der Waals surface area contributed by atoms with Gasteiger partial charge in [-0.25, -0.2) is 8.42 Å². The fraction of sp³-hybridized carbons (Fsp3) is 0.600. The number of hydrogen-bond acceptors (Lipinski definition) is 6. The molecule has 0 aliphatic carbocycles. The van der Waals surface area contributed by atoms with Gasteiger partial charge >= 0.3 is 5.97 Å². The van der Waals surface area contributed by atoms with Crippen molar-refractivity contribution in [2.45, 2.75) is 25.3 Å². The van der Waals surface area contributed by atoms with Gasteiger partial charge in [-0.3, -0.25) is 9.48 Å². The summed E-state index contributed by atoms with van der Waals surface area (Å²) in [7, 11) is -2.65. The monoisotopic (exact) mass is 290 g/mol. The highest BCUT2D eigenvalue weighted by Gasteiger charge is 2.29. The van der Waals surface area contributed by atoms with Gasteiger partial charge in [-0.05, 0) is 6.92 Å². The number of rotatable bonds is 6. The zero-order valence-electron chi connectivity index (χ0n) is 11.2. The second-order valence-electron chi connectivity index (χ2n) is 3.74. The Morgan fingerprint density at radius 3 is 2.58 bits per heavy atom. The quantitative estimate of drug-likeness (QED) is 0.719. The zero-order valence-corrected chi connectivity index (χ0v) is 12.0. The van der Waals surface area contributed by atoms with Crippen LogP contribution in [0, 0.1) is 0 Å². The molecule has 0 saturated carbocycles. The van der Waals surface area contributed by atoms with Crippen molar-refractivity contribution < 1.29 is 17.9 Å². The van der Waals surface area contributed by atoms with Gasteiger partial charge in [0.05, 0.1) is 7.11 Å². The highest BCUT2D eigenvalue weighted by Crippen LogP contribution is 2.20. The minimum Gasteiger partial charge on any atom is -0.468 e. The van der Waals surface area contributed by atoms with Crippen molar-refractivity contribution in [2.75, 3.05) is 25.9 Å². The lowest BCUT2D eigenvalue weighted by Gasteiger charge is -2.18. The smallest absolute Gasteiger partial charge is 0.321 e. The van der Waals surface area contributed by atoms with E-state index in [2.05, 4.69) is 9.84 Å². The summed E-state index contributed by atoms with van der Waals surface area (Å²) in [4.78, 5) is 11.1. The van der Waals surface area contributed by atoms with Gasteiger partial charge in [-0.2, -0.15) is 9.40 Å². The number of carbonyl (C=O) groups excluding carboxylic acids is 1. The Balaban J connectivity index is 3.12. The SMILES string of the molecule is CCN(CC(=O)OC)S(=O)(=O)c1cn(CC)nc1N. The van der Waals surface area contributed by atoms with Crippen LogP contribution >= 0.6 is 0 Å². The van der Waals surface area contributed by atoms with Crippen LogP contribution in [-0.4, -0.2) is 48.7 Å². The maximum atomic E-state index is 12.3. The molecule has 0 fully saturated rings. The molecule has 0 aromatic carbocycles. The van der Waals surface area contributed by atoms with Crippen LogP contribution in [0.15, 0.2) is 11.1 Å². The standard InChI is InChI=1S/C10H18N4O4S/c1-4-13-6-8(10(11)12-13)19(16,17)14(5-2)7-9(15)18-3/h6H,4-5,7H2,1-3H3,(H2,11,12). The lowest BCUT2D eigenvalue weighted by atomic mass is 10.6. The molecule has 0 amide bonds. The number of likely N-dealkylation sites (N-methyl/N-ethyl adjacent to an activating group) is 1. The molecule has 1 heterocycles. The molecule has 1 aromatic heterocycles. The molecule has 19 heavy (non-hydrogen) atoms. The molecule has 8 nitrogen and oxygen atoms in total. The maximum Gasteiger partial charge on any atom is 0.321 e. The summed E-state index contributed by atoms with van der Waals surface area (Å²) in [6.45, 7) is 3.72. The molecule has 9 heteroatoms. The number of nitrogens with two attached hydrogens (primary N) is 1. The van der Waals surface area contributed by atoms with E-state index in [1.165, 1.54) is 18.0 Å². The number of nitrogen functional groups attached to an aromatic ring is 1. The lowest BCUT2D eigenvalue weighted by Crippen LogP contribution is -2.36. The fourth-order valence-corrected chi connectivity index (χ4v) is 2.95. The number of hydrogen-bond donors (Lipinski definition) is 1. The fourth-order valence-electron chi connectivity index (χ4n) is 1.49. The largest absolute Gasteiger partial charge is 0.468 e. The number of aromatic nitrogens is 2. The summed E-state index contributed by atoms with van der Waals surface area (Å²) in [5.41, 5.74) is 5.60. The van der Waals surface area contributed by atoms with Crippen LogP contribution in [0.1, 0.15) is 13.8 Å².